The van der Waals surface area contributed by atoms with Crippen molar-refractivity contribution in [2.45, 2.75) is 13.0 Å². The molecule has 3 N–H and O–H groups in total. The summed E-state index contributed by atoms with van der Waals surface area (Å²) in [5, 5.41) is 7.11. The lowest BCUT2D eigenvalue weighted by Crippen LogP contribution is -2.30. The first kappa shape index (κ1) is 20.7. The highest BCUT2D eigenvalue weighted by Crippen LogP contribution is 2.28. The number of nitrogens with zero attached hydrogens (tertiary/aromatic N) is 1. The van der Waals surface area contributed by atoms with Crippen molar-refractivity contribution >= 4 is 56.4 Å². The first-order valence-electron chi connectivity index (χ1n) is 9.27. The number of carbonyl (C=O) groups is 3. The number of nitrogens with one attached hydrogen (secondary N) is 1. The van der Waals surface area contributed by atoms with E-state index in [2.05, 4.69) is 10.3 Å². The molecule has 0 fully saturated rings. The fourth-order valence-corrected chi connectivity index (χ4v) is 4.47. The number of rotatable bonds is 6. The van der Waals surface area contributed by atoms with Crippen LogP contribution in [0.1, 0.15) is 27.6 Å². The molecule has 3 aromatic heterocycles. The summed E-state index contributed by atoms with van der Waals surface area (Å²) in [7, 11) is 0. The molecule has 0 aliphatic heterocycles. The first-order chi connectivity index (χ1) is 14.9. The average molecular weight is 452 g/mol. The van der Waals surface area contributed by atoms with Crippen molar-refractivity contribution in [2.75, 3.05) is 5.32 Å². The Morgan fingerprint density at radius 1 is 1.03 bits per heavy atom. The number of thiophene rings is 2. The second-order valence-electron chi connectivity index (χ2n) is 6.61. The van der Waals surface area contributed by atoms with Gasteiger partial charge >= 0.3 is 5.97 Å². The Bertz CT molecular complexity index is 1280. The third-order valence-corrected chi connectivity index (χ3v) is 6.25. The number of pyridine rings is 1. The van der Waals surface area contributed by atoms with Crippen LogP contribution in [0.5, 0.6) is 0 Å². The van der Waals surface area contributed by atoms with Gasteiger partial charge in [-0.2, -0.15) is 0 Å². The number of aromatic nitrogens is 1. The summed E-state index contributed by atoms with van der Waals surface area (Å²) in [4.78, 5) is 42.5. The minimum Gasteiger partial charge on any atom is -0.449 e. The van der Waals surface area contributed by atoms with Crippen molar-refractivity contribution < 1.29 is 19.1 Å². The van der Waals surface area contributed by atoms with Crippen LogP contribution in [-0.4, -0.2) is 28.9 Å². The summed E-state index contributed by atoms with van der Waals surface area (Å²) in [6, 6.07) is 14.3. The standard InChI is InChI=1S/C22H17N3O4S2/c1-12(20(27)25-21-14(19(23)26)8-10-31-21)29-22(28)15-11-17(18-7-4-9-30-18)24-16-6-3-2-5-13(15)16/h2-12H,1H3,(H2,23,26)(H,25,27). The van der Waals surface area contributed by atoms with E-state index < -0.39 is 23.9 Å². The number of fused-ring (bicyclic) bond motifs is 1. The third kappa shape index (κ3) is 4.32. The second-order valence-corrected chi connectivity index (χ2v) is 8.48. The average Bonchev–Trinajstić information content (AvgIpc) is 3.45. The van der Waals surface area contributed by atoms with Crippen LogP contribution in [0.2, 0.25) is 0 Å². The molecular weight excluding hydrogens is 434 g/mol. The minimum absolute atomic E-state index is 0.206. The maximum absolute atomic E-state index is 13.0. The topological polar surface area (TPSA) is 111 Å². The summed E-state index contributed by atoms with van der Waals surface area (Å²) in [5.41, 5.74) is 7.14. The van der Waals surface area contributed by atoms with Crippen LogP contribution in [0.4, 0.5) is 5.00 Å². The van der Waals surface area contributed by atoms with Gasteiger partial charge < -0.3 is 15.8 Å². The molecule has 7 nitrogen and oxygen atoms in total. The van der Waals surface area contributed by atoms with E-state index in [1.165, 1.54) is 24.3 Å². The van der Waals surface area contributed by atoms with Gasteiger partial charge in [-0.3, -0.25) is 9.59 Å². The lowest BCUT2D eigenvalue weighted by molar-refractivity contribution is -0.123. The Labute approximate surface area is 185 Å². The molecule has 156 valence electrons. The van der Waals surface area contributed by atoms with E-state index in [4.69, 9.17) is 10.5 Å². The molecule has 31 heavy (non-hydrogen) atoms. The molecular formula is C22H17N3O4S2. The number of para-hydroxylation sites is 1. The Morgan fingerprint density at radius 3 is 2.58 bits per heavy atom. The second kappa shape index (κ2) is 8.66. The highest BCUT2D eigenvalue weighted by molar-refractivity contribution is 7.14. The van der Waals surface area contributed by atoms with E-state index in [1.54, 1.807) is 17.5 Å². The number of benzene rings is 1. The van der Waals surface area contributed by atoms with Gasteiger partial charge in [-0.05, 0) is 41.9 Å². The molecule has 1 aromatic carbocycles. The number of ether oxygens (including phenoxy) is 1. The number of primary amides is 1. The monoisotopic (exact) mass is 451 g/mol. The molecule has 0 bridgehead atoms. The first-order valence-corrected chi connectivity index (χ1v) is 11.0. The van der Waals surface area contributed by atoms with Gasteiger partial charge in [-0.25, -0.2) is 9.78 Å². The van der Waals surface area contributed by atoms with Crippen LogP contribution >= 0.6 is 22.7 Å². The van der Waals surface area contributed by atoms with Crippen LogP contribution < -0.4 is 11.1 Å². The molecule has 0 saturated heterocycles. The van der Waals surface area contributed by atoms with E-state index in [-0.39, 0.29) is 5.56 Å². The zero-order valence-corrected chi connectivity index (χ0v) is 18.0. The zero-order valence-electron chi connectivity index (χ0n) is 16.3. The molecule has 4 rings (SSSR count). The highest BCUT2D eigenvalue weighted by Gasteiger charge is 2.23. The van der Waals surface area contributed by atoms with Gasteiger partial charge in [0.05, 0.1) is 27.2 Å². The van der Waals surface area contributed by atoms with Gasteiger partial charge in [0, 0.05) is 5.39 Å². The normalized spacial score (nSPS) is 11.8. The van der Waals surface area contributed by atoms with Gasteiger partial charge in [-0.15, -0.1) is 22.7 Å². The molecule has 2 amide bonds. The minimum atomic E-state index is -1.09. The predicted molar refractivity (Wildman–Crippen MR) is 121 cm³/mol. The Hall–Kier alpha value is -3.56. The molecule has 0 aliphatic rings. The van der Waals surface area contributed by atoms with Crippen LogP contribution in [0, 0.1) is 0 Å². The van der Waals surface area contributed by atoms with Gasteiger partial charge in [-0.1, -0.05) is 24.3 Å². The summed E-state index contributed by atoms with van der Waals surface area (Å²) < 4.78 is 5.44. The molecule has 0 aliphatic carbocycles. The molecule has 0 radical (unpaired) electrons. The summed E-state index contributed by atoms with van der Waals surface area (Å²) >= 11 is 2.67. The van der Waals surface area contributed by atoms with Crippen molar-refractivity contribution in [1.82, 2.24) is 4.98 Å². The lowest BCUT2D eigenvalue weighted by Gasteiger charge is -2.15. The van der Waals surface area contributed by atoms with Gasteiger partial charge in [0.25, 0.3) is 11.8 Å². The number of hydrogen-bond donors (Lipinski definition) is 2. The Morgan fingerprint density at radius 2 is 1.84 bits per heavy atom. The lowest BCUT2D eigenvalue weighted by atomic mass is 10.1. The zero-order chi connectivity index (χ0) is 22.0. The maximum Gasteiger partial charge on any atom is 0.339 e. The quantitative estimate of drug-likeness (QED) is 0.424. The number of anilines is 1. The highest BCUT2D eigenvalue weighted by atomic mass is 32.1. The summed E-state index contributed by atoms with van der Waals surface area (Å²) in [6.45, 7) is 1.47. The van der Waals surface area contributed by atoms with E-state index in [9.17, 15) is 14.4 Å². The number of amides is 2. The Balaban J connectivity index is 1.58. The van der Waals surface area contributed by atoms with E-state index in [0.29, 0.717) is 27.2 Å². The number of carbonyl (C=O) groups excluding carboxylic acids is 3. The number of esters is 1. The molecule has 9 heteroatoms. The van der Waals surface area contributed by atoms with Gasteiger partial charge in [0.2, 0.25) is 0 Å². The van der Waals surface area contributed by atoms with Crippen LogP contribution in [-0.2, 0) is 9.53 Å². The van der Waals surface area contributed by atoms with Crippen LogP contribution in [0.15, 0.2) is 59.3 Å². The van der Waals surface area contributed by atoms with Gasteiger partial charge in [0.15, 0.2) is 6.10 Å². The smallest absolute Gasteiger partial charge is 0.339 e. The van der Waals surface area contributed by atoms with E-state index >= 15 is 0 Å². The summed E-state index contributed by atoms with van der Waals surface area (Å²) in [6.07, 6.45) is -1.09. The van der Waals surface area contributed by atoms with Crippen molar-refractivity contribution in [3.63, 3.8) is 0 Å². The van der Waals surface area contributed by atoms with Gasteiger partial charge in [0.1, 0.15) is 5.00 Å². The van der Waals surface area contributed by atoms with E-state index in [0.717, 1.165) is 16.2 Å². The molecule has 1 unspecified atom stereocenters. The van der Waals surface area contributed by atoms with Crippen LogP contribution in [0.3, 0.4) is 0 Å². The third-order valence-electron chi connectivity index (χ3n) is 4.53. The van der Waals surface area contributed by atoms with Crippen molar-refractivity contribution in [3.05, 3.63) is 70.4 Å². The fourth-order valence-electron chi connectivity index (χ4n) is 2.99. The van der Waals surface area contributed by atoms with E-state index in [1.807, 2.05) is 35.7 Å². The largest absolute Gasteiger partial charge is 0.449 e. The molecule has 3 heterocycles. The van der Waals surface area contributed by atoms with Crippen molar-refractivity contribution in [2.24, 2.45) is 5.73 Å². The van der Waals surface area contributed by atoms with Crippen molar-refractivity contribution in [3.8, 4) is 10.6 Å². The SMILES string of the molecule is CC(OC(=O)c1cc(-c2cccs2)nc2ccccc12)C(=O)Nc1sccc1C(N)=O. The fraction of sp³-hybridized carbons (Fsp3) is 0.0909. The van der Waals surface area contributed by atoms with Crippen LogP contribution in [0.25, 0.3) is 21.5 Å². The maximum atomic E-state index is 13.0. The predicted octanol–water partition coefficient (Wildman–Crippen LogP) is 4.31. The molecule has 0 spiro atoms. The number of hydrogen-bond acceptors (Lipinski definition) is 7. The number of nitrogens with two attached hydrogens (primary N) is 1. The Kier molecular flexibility index (Phi) is 5.79. The molecule has 4 aromatic rings. The summed E-state index contributed by atoms with van der Waals surface area (Å²) in [5.74, 6) is -1.85. The molecule has 1 atom stereocenters. The van der Waals surface area contributed by atoms with Crippen molar-refractivity contribution in [1.29, 1.82) is 0 Å². The molecule has 0 saturated carbocycles.